The summed E-state index contributed by atoms with van der Waals surface area (Å²) in [6.45, 7) is 13.1. The third-order valence-corrected chi connectivity index (χ3v) is 4.95. The smallest absolute Gasteiger partial charge is 0.00604 e. The summed E-state index contributed by atoms with van der Waals surface area (Å²) in [6.07, 6.45) is 6.92. The highest BCUT2D eigenvalue weighted by Gasteiger charge is 2.12. The van der Waals surface area contributed by atoms with Crippen molar-refractivity contribution >= 4 is 12.2 Å². The summed E-state index contributed by atoms with van der Waals surface area (Å²) in [5.41, 5.74) is 14.5. The fraction of sp³-hybridized carbons (Fsp3) is 0.333. The van der Waals surface area contributed by atoms with E-state index >= 15 is 0 Å². The summed E-state index contributed by atoms with van der Waals surface area (Å²) in [4.78, 5) is 0. The van der Waals surface area contributed by atoms with Crippen LogP contribution in [0.2, 0.25) is 0 Å². The van der Waals surface area contributed by atoms with Gasteiger partial charge in [-0.3, -0.25) is 0 Å². The van der Waals surface area contributed by atoms with Crippen molar-refractivity contribution in [2.45, 2.75) is 54.4 Å². The van der Waals surface area contributed by atoms with E-state index in [2.05, 4.69) is 78.0 Å². The van der Waals surface area contributed by atoms with Crippen LogP contribution in [0, 0.1) is 27.7 Å². The minimum Gasteiger partial charge on any atom is -0.0683 e. The third kappa shape index (κ3) is 3.38. The second-order valence-corrected chi connectivity index (χ2v) is 7.64. The number of fused-ring (bicyclic) bond motifs is 2. The molecular formula is C24H28. The second-order valence-electron chi connectivity index (χ2n) is 7.64. The van der Waals surface area contributed by atoms with Crippen LogP contribution in [0.15, 0.2) is 35.4 Å². The van der Waals surface area contributed by atoms with E-state index < -0.39 is 0 Å². The first-order valence-electron chi connectivity index (χ1n) is 8.88. The Balaban J connectivity index is 0.000000141. The van der Waals surface area contributed by atoms with Crippen LogP contribution in [0.25, 0.3) is 12.2 Å². The van der Waals surface area contributed by atoms with E-state index in [9.17, 15) is 0 Å². The lowest BCUT2D eigenvalue weighted by atomic mass is 10.0. The zero-order valence-electron chi connectivity index (χ0n) is 15.9. The molecule has 2 aromatic carbocycles. The fourth-order valence-corrected chi connectivity index (χ4v) is 4.03. The van der Waals surface area contributed by atoms with Gasteiger partial charge in [0.05, 0.1) is 0 Å². The molecule has 0 nitrogen and oxygen atoms in total. The Morgan fingerprint density at radius 3 is 1.29 bits per heavy atom. The molecule has 0 atom stereocenters. The van der Waals surface area contributed by atoms with Gasteiger partial charge in [-0.25, -0.2) is 0 Å². The molecule has 0 radical (unpaired) electrons. The highest BCUT2D eigenvalue weighted by molar-refractivity contribution is 5.67. The molecular weight excluding hydrogens is 288 g/mol. The number of allylic oxidation sites excluding steroid dienone is 2. The van der Waals surface area contributed by atoms with Crippen LogP contribution < -0.4 is 0 Å². The maximum Gasteiger partial charge on any atom is -0.00604 e. The largest absolute Gasteiger partial charge is 0.0683 e. The number of hydrogen-bond acceptors (Lipinski definition) is 0. The van der Waals surface area contributed by atoms with Gasteiger partial charge in [0.1, 0.15) is 0 Å². The summed E-state index contributed by atoms with van der Waals surface area (Å²) in [5.74, 6) is 0. The van der Waals surface area contributed by atoms with Crippen molar-refractivity contribution < 1.29 is 0 Å². The van der Waals surface area contributed by atoms with Gasteiger partial charge >= 0.3 is 0 Å². The molecule has 0 aliphatic heterocycles. The summed E-state index contributed by atoms with van der Waals surface area (Å²) in [7, 11) is 0. The lowest BCUT2D eigenvalue weighted by Gasteiger charge is -2.04. The molecule has 0 heterocycles. The second kappa shape index (κ2) is 6.43. The van der Waals surface area contributed by atoms with Crippen LogP contribution >= 0.6 is 0 Å². The molecule has 0 saturated heterocycles. The van der Waals surface area contributed by atoms with Crippen molar-refractivity contribution in [3.05, 3.63) is 79.9 Å². The lowest BCUT2D eigenvalue weighted by molar-refractivity contribution is 1.17. The van der Waals surface area contributed by atoms with E-state index in [-0.39, 0.29) is 0 Å². The van der Waals surface area contributed by atoms with Gasteiger partial charge in [0.25, 0.3) is 0 Å². The lowest BCUT2D eigenvalue weighted by Crippen LogP contribution is -1.88. The van der Waals surface area contributed by atoms with Crippen LogP contribution in [-0.4, -0.2) is 0 Å². The summed E-state index contributed by atoms with van der Waals surface area (Å²) in [6, 6.07) is 9.12. The van der Waals surface area contributed by atoms with E-state index in [0.29, 0.717) is 0 Å². The Bertz CT molecular complexity index is 787. The van der Waals surface area contributed by atoms with Crippen LogP contribution in [-0.2, 0) is 12.8 Å². The first kappa shape index (κ1) is 16.8. The summed E-state index contributed by atoms with van der Waals surface area (Å²) in [5, 5.41) is 0. The molecule has 2 aliphatic rings. The molecule has 2 aliphatic carbocycles. The molecule has 0 bridgehead atoms. The zero-order valence-corrected chi connectivity index (χ0v) is 15.9. The summed E-state index contributed by atoms with van der Waals surface area (Å²) < 4.78 is 0. The van der Waals surface area contributed by atoms with Crippen LogP contribution in [0.1, 0.15) is 58.4 Å². The Morgan fingerprint density at radius 2 is 0.917 bits per heavy atom. The monoisotopic (exact) mass is 316 g/mol. The third-order valence-electron chi connectivity index (χ3n) is 4.95. The number of rotatable bonds is 0. The Morgan fingerprint density at radius 1 is 0.542 bits per heavy atom. The molecule has 0 spiro atoms. The van der Waals surface area contributed by atoms with Crippen molar-refractivity contribution in [1.29, 1.82) is 0 Å². The molecule has 0 unspecified atom stereocenters. The molecule has 0 amide bonds. The molecule has 0 fully saturated rings. The fourth-order valence-electron chi connectivity index (χ4n) is 4.03. The molecule has 0 aromatic heterocycles. The van der Waals surface area contributed by atoms with Gasteiger partial charge in [0, 0.05) is 0 Å². The summed E-state index contributed by atoms with van der Waals surface area (Å²) >= 11 is 0. The molecule has 24 heavy (non-hydrogen) atoms. The highest BCUT2D eigenvalue weighted by atomic mass is 14.2. The van der Waals surface area contributed by atoms with Crippen LogP contribution in [0.4, 0.5) is 0 Å². The first-order chi connectivity index (χ1) is 11.3. The van der Waals surface area contributed by atoms with Gasteiger partial charge in [0.15, 0.2) is 0 Å². The van der Waals surface area contributed by atoms with Gasteiger partial charge in [-0.2, -0.15) is 0 Å². The SMILES string of the molecule is CC1=Cc2c(C)cc(C)cc2C1.CC1=Cc2c(C)cc(C)cc2C1. The molecule has 0 saturated carbocycles. The van der Waals surface area contributed by atoms with E-state index in [1.54, 1.807) is 0 Å². The maximum absolute atomic E-state index is 2.31. The van der Waals surface area contributed by atoms with Crippen molar-refractivity contribution in [3.63, 3.8) is 0 Å². The van der Waals surface area contributed by atoms with Crippen LogP contribution in [0.3, 0.4) is 0 Å². The van der Waals surface area contributed by atoms with Gasteiger partial charge in [-0.1, -0.05) is 58.7 Å². The minimum atomic E-state index is 1.15. The minimum absolute atomic E-state index is 1.15. The number of aryl methyl sites for hydroxylation is 4. The van der Waals surface area contributed by atoms with Crippen molar-refractivity contribution in [3.8, 4) is 0 Å². The van der Waals surface area contributed by atoms with Gasteiger partial charge in [0.2, 0.25) is 0 Å². The molecule has 124 valence electrons. The Labute approximate surface area is 146 Å². The van der Waals surface area contributed by atoms with E-state index in [0.717, 1.165) is 12.8 Å². The Kier molecular flexibility index (Phi) is 4.49. The molecule has 0 N–H and O–H groups in total. The predicted molar refractivity (Wildman–Crippen MR) is 107 cm³/mol. The van der Waals surface area contributed by atoms with Crippen molar-refractivity contribution in [2.75, 3.05) is 0 Å². The average molecular weight is 316 g/mol. The molecule has 2 aromatic rings. The normalized spacial score (nSPS) is 14.4. The number of hydrogen-bond donors (Lipinski definition) is 0. The quantitative estimate of drug-likeness (QED) is 0.518. The molecule has 0 heteroatoms. The van der Waals surface area contributed by atoms with Crippen molar-refractivity contribution in [2.24, 2.45) is 0 Å². The zero-order chi connectivity index (χ0) is 17.4. The Hall–Kier alpha value is -2.08. The van der Waals surface area contributed by atoms with Gasteiger partial charge < -0.3 is 0 Å². The average Bonchev–Trinajstić information content (AvgIpc) is 3.01. The topological polar surface area (TPSA) is 0 Å². The van der Waals surface area contributed by atoms with Gasteiger partial charge in [-0.15, -0.1) is 0 Å². The number of benzene rings is 2. The molecule has 4 rings (SSSR count). The van der Waals surface area contributed by atoms with E-state index in [4.69, 9.17) is 0 Å². The standard InChI is InChI=1S/2C12H14/c2*1-8-4-10(3)12-7-9(2)6-11(12)5-8/h2*4-5,7H,6H2,1-3H3. The predicted octanol–water partition coefficient (Wildman–Crippen LogP) is 6.53. The van der Waals surface area contributed by atoms with Crippen molar-refractivity contribution in [1.82, 2.24) is 0 Å². The maximum atomic E-state index is 2.31. The van der Waals surface area contributed by atoms with E-state index in [1.165, 1.54) is 55.7 Å². The first-order valence-corrected chi connectivity index (χ1v) is 8.88. The van der Waals surface area contributed by atoms with E-state index in [1.807, 2.05) is 0 Å². The highest BCUT2D eigenvalue weighted by Crippen LogP contribution is 2.29. The van der Waals surface area contributed by atoms with Gasteiger partial charge in [-0.05, 0) is 87.8 Å². The van der Waals surface area contributed by atoms with Crippen LogP contribution in [0.5, 0.6) is 0 Å².